The molecule has 0 fully saturated rings. The number of carbonyl (C=O) groups is 1. The molecule has 0 aliphatic heterocycles. The highest BCUT2D eigenvalue weighted by atomic mass is 16.1. The summed E-state index contributed by atoms with van der Waals surface area (Å²) in [6.07, 6.45) is 0. The van der Waals surface area contributed by atoms with Crippen LogP contribution in [0.25, 0.3) is 11.0 Å². The van der Waals surface area contributed by atoms with Crippen molar-refractivity contribution in [2.45, 2.75) is 13.5 Å². The quantitative estimate of drug-likeness (QED) is 0.609. The Morgan fingerprint density at radius 1 is 0.962 bits per heavy atom. The smallest absolute Gasteiger partial charge is 0.255 e. The van der Waals surface area contributed by atoms with Crippen LogP contribution in [0.3, 0.4) is 0 Å². The molecule has 0 radical (unpaired) electrons. The molecule has 26 heavy (non-hydrogen) atoms. The number of nitrogens with one attached hydrogen (secondary N) is 1. The van der Waals surface area contributed by atoms with Crippen LogP contribution in [0.2, 0.25) is 0 Å². The van der Waals surface area contributed by atoms with Gasteiger partial charge in [0, 0.05) is 11.3 Å². The van der Waals surface area contributed by atoms with Gasteiger partial charge < -0.3 is 5.32 Å². The van der Waals surface area contributed by atoms with E-state index in [1.165, 1.54) is 0 Å². The first-order chi connectivity index (χ1) is 12.7. The first-order valence-electron chi connectivity index (χ1n) is 8.45. The monoisotopic (exact) mass is 342 g/mol. The van der Waals surface area contributed by atoms with E-state index in [0.29, 0.717) is 12.1 Å². The molecule has 1 amide bonds. The number of nitrogens with zero attached hydrogens (tertiary/aromatic N) is 3. The molecular weight excluding hydrogens is 324 g/mol. The second-order valence-electron chi connectivity index (χ2n) is 6.20. The van der Waals surface area contributed by atoms with Crippen LogP contribution in [-0.4, -0.2) is 20.9 Å². The van der Waals surface area contributed by atoms with Crippen molar-refractivity contribution in [2.75, 3.05) is 5.32 Å². The van der Waals surface area contributed by atoms with Crippen LogP contribution in [0.15, 0.2) is 72.8 Å². The van der Waals surface area contributed by atoms with E-state index in [2.05, 4.69) is 15.6 Å². The predicted molar refractivity (Wildman–Crippen MR) is 102 cm³/mol. The van der Waals surface area contributed by atoms with Crippen molar-refractivity contribution in [1.82, 2.24) is 15.0 Å². The zero-order chi connectivity index (χ0) is 17.9. The molecule has 0 unspecified atom stereocenters. The Kier molecular flexibility index (Phi) is 4.19. The number of rotatable bonds is 4. The molecule has 0 aliphatic carbocycles. The van der Waals surface area contributed by atoms with Crippen molar-refractivity contribution in [2.24, 2.45) is 0 Å². The minimum atomic E-state index is -0.0990. The number of hydrogen-bond acceptors (Lipinski definition) is 3. The van der Waals surface area contributed by atoms with E-state index in [0.717, 1.165) is 27.8 Å². The van der Waals surface area contributed by atoms with Gasteiger partial charge in [0.05, 0.1) is 12.1 Å². The molecule has 1 aromatic heterocycles. The standard InChI is InChI=1S/C21H18N4O/c1-15-6-2-3-7-18(15)21(26)22-17-12-10-16(11-13-17)14-25-20-9-5-4-8-19(20)23-24-25/h2-13H,14H2,1H3,(H,22,26). The number of hydrogen-bond donors (Lipinski definition) is 1. The van der Waals surface area contributed by atoms with Crippen LogP contribution in [0.5, 0.6) is 0 Å². The van der Waals surface area contributed by atoms with Gasteiger partial charge in [0.25, 0.3) is 5.91 Å². The number of benzene rings is 3. The maximum atomic E-state index is 12.4. The summed E-state index contributed by atoms with van der Waals surface area (Å²) in [6, 6.07) is 23.2. The van der Waals surface area contributed by atoms with E-state index in [9.17, 15) is 4.79 Å². The van der Waals surface area contributed by atoms with Crippen molar-refractivity contribution < 1.29 is 4.79 Å². The lowest BCUT2D eigenvalue weighted by Crippen LogP contribution is -2.13. The fourth-order valence-corrected chi connectivity index (χ4v) is 2.93. The third kappa shape index (κ3) is 3.19. The Morgan fingerprint density at radius 3 is 2.50 bits per heavy atom. The first kappa shape index (κ1) is 16.0. The highest BCUT2D eigenvalue weighted by Gasteiger charge is 2.09. The number of fused-ring (bicyclic) bond motifs is 1. The number of carbonyl (C=O) groups excluding carboxylic acids is 1. The van der Waals surface area contributed by atoms with Gasteiger partial charge in [-0.05, 0) is 48.4 Å². The van der Waals surface area contributed by atoms with Crippen molar-refractivity contribution in [3.8, 4) is 0 Å². The van der Waals surface area contributed by atoms with Gasteiger partial charge in [0.2, 0.25) is 0 Å². The molecule has 0 atom stereocenters. The second kappa shape index (κ2) is 6.80. The zero-order valence-corrected chi connectivity index (χ0v) is 14.4. The fraction of sp³-hybridized carbons (Fsp3) is 0.0952. The van der Waals surface area contributed by atoms with Gasteiger partial charge >= 0.3 is 0 Å². The van der Waals surface area contributed by atoms with E-state index < -0.39 is 0 Å². The van der Waals surface area contributed by atoms with E-state index in [1.54, 1.807) is 0 Å². The van der Waals surface area contributed by atoms with Crippen LogP contribution in [0.1, 0.15) is 21.5 Å². The molecule has 0 saturated carbocycles. The van der Waals surface area contributed by atoms with E-state index in [-0.39, 0.29) is 5.91 Å². The van der Waals surface area contributed by atoms with Crippen molar-refractivity contribution in [1.29, 1.82) is 0 Å². The molecule has 128 valence electrons. The fourth-order valence-electron chi connectivity index (χ4n) is 2.93. The lowest BCUT2D eigenvalue weighted by Gasteiger charge is -2.09. The van der Waals surface area contributed by atoms with Crippen LogP contribution in [-0.2, 0) is 6.54 Å². The van der Waals surface area contributed by atoms with Crippen molar-refractivity contribution in [3.05, 3.63) is 89.5 Å². The molecule has 0 saturated heterocycles. The van der Waals surface area contributed by atoms with E-state index >= 15 is 0 Å². The minimum absolute atomic E-state index is 0.0990. The van der Waals surface area contributed by atoms with Crippen molar-refractivity contribution in [3.63, 3.8) is 0 Å². The molecule has 0 aliphatic rings. The summed E-state index contributed by atoms with van der Waals surface area (Å²) in [5.74, 6) is -0.0990. The Labute approximate surface area is 151 Å². The molecule has 5 heteroatoms. The minimum Gasteiger partial charge on any atom is -0.322 e. The van der Waals surface area contributed by atoms with Crippen LogP contribution in [0.4, 0.5) is 5.69 Å². The largest absolute Gasteiger partial charge is 0.322 e. The molecule has 5 nitrogen and oxygen atoms in total. The highest BCUT2D eigenvalue weighted by Crippen LogP contribution is 2.16. The normalized spacial score (nSPS) is 10.8. The molecule has 1 heterocycles. The average Bonchev–Trinajstić information content (AvgIpc) is 3.07. The predicted octanol–water partition coefficient (Wildman–Crippen LogP) is 4.04. The van der Waals surface area contributed by atoms with E-state index in [1.807, 2.05) is 84.4 Å². The van der Waals surface area contributed by atoms with Crippen LogP contribution >= 0.6 is 0 Å². The van der Waals surface area contributed by atoms with E-state index in [4.69, 9.17) is 0 Å². The van der Waals surface area contributed by atoms with Gasteiger partial charge in [-0.3, -0.25) is 4.79 Å². The number of aromatic nitrogens is 3. The molecule has 4 rings (SSSR count). The number of para-hydroxylation sites is 1. The highest BCUT2D eigenvalue weighted by molar-refractivity contribution is 6.05. The molecule has 0 spiro atoms. The van der Waals surface area contributed by atoms with Gasteiger partial charge in [-0.25, -0.2) is 4.68 Å². The maximum Gasteiger partial charge on any atom is 0.255 e. The average molecular weight is 342 g/mol. The summed E-state index contributed by atoms with van der Waals surface area (Å²) < 4.78 is 1.87. The number of aryl methyl sites for hydroxylation is 1. The molecule has 1 N–H and O–H groups in total. The lowest BCUT2D eigenvalue weighted by molar-refractivity contribution is 0.102. The summed E-state index contributed by atoms with van der Waals surface area (Å²) in [6.45, 7) is 2.56. The Balaban J connectivity index is 1.48. The van der Waals surface area contributed by atoms with Gasteiger partial charge in [0.1, 0.15) is 5.52 Å². The maximum absolute atomic E-state index is 12.4. The third-order valence-electron chi connectivity index (χ3n) is 4.35. The zero-order valence-electron chi connectivity index (χ0n) is 14.4. The Morgan fingerprint density at radius 2 is 1.69 bits per heavy atom. The molecule has 0 bridgehead atoms. The van der Waals surface area contributed by atoms with Gasteiger partial charge in [-0.2, -0.15) is 0 Å². The van der Waals surface area contributed by atoms with Crippen LogP contribution in [0, 0.1) is 6.92 Å². The second-order valence-corrected chi connectivity index (χ2v) is 6.20. The summed E-state index contributed by atoms with van der Waals surface area (Å²) in [7, 11) is 0. The van der Waals surface area contributed by atoms with Crippen molar-refractivity contribution >= 4 is 22.6 Å². The van der Waals surface area contributed by atoms with Gasteiger partial charge in [-0.1, -0.05) is 47.7 Å². The lowest BCUT2D eigenvalue weighted by atomic mass is 10.1. The SMILES string of the molecule is Cc1ccccc1C(=O)Nc1ccc(Cn2nnc3ccccc32)cc1. The summed E-state index contributed by atoms with van der Waals surface area (Å²) in [5, 5.41) is 11.3. The molecule has 3 aromatic carbocycles. The summed E-state index contributed by atoms with van der Waals surface area (Å²) in [4.78, 5) is 12.4. The number of amides is 1. The Hall–Kier alpha value is -3.47. The summed E-state index contributed by atoms with van der Waals surface area (Å²) in [5.41, 5.74) is 5.39. The summed E-state index contributed by atoms with van der Waals surface area (Å²) >= 11 is 0. The number of anilines is 1. The first-order valence-corrected chi connectivity index (χ1v) is 8.45. The molecular formula is C21H18N4O. The van der Waals surface area contributed by atoms with Crippen LogP contribution < -0.4 is 5.32 Å². The van der Waals surface area contributed by atoms with Gasteiger partial charge in [-0.15, -0.1) is 5.10 Å². The third-order valence-corrected chi connectivity index (χ3v) is 4.35. The Bertz CT molecular complexity index is 1070. The molecule has 4 aromatic rings. The topological polar surface area (TPSA) is 59.8 Å². The van der Waals surface area contributed by atoms with Gasteiger partial charge in [0.15, 0.2) is 0 Å².